The van der Waals surface area contributed by atoms with E-state index >= 15 is 0 Å². The maximum absolute atomic E-state index is 5.80. The Hall–Kier alpha value is -0.600. The fourth-order valence-corrected chi connectivity index (χ4v) is 1.23. The van der Waals surface area contributed by atoms with Gasteiger partial charge in [-0.1, -0.05) is 23.2 Å². The van der Waals surface area contributed by atoms with Gasteiger partial charge in [0.15, 0.2) is 0 Å². The topological polar surface area (TPSA) is 35.2 Å². The molecule has 0 radical (unpaired) electrons. The van der Waals surface area contributed by atoms with E-state index in [1.54, 1.807) is 12.1 Å². The fraction of sp³-hybridized carbons (Fsp3) is 0.333. The highest BCUT2D eigenvalue weighted by Crippen LogP contribution is 2.32. The van der Waals surface area contributed by atoms with Gasteiger partial charge >= 0.3 is 0 Å². The van der Waals surface area contributed by atoms with Crippen LogP contribution in [-0.4, -0.2) is 6.10 Å². The predicted octanol–water partition coefficient (Wildman–Crippen LogP) is 3.36. The SMILES string of the molecule is CC(C)Oc1cc(Cl)c(Cl)cc1N. The third-order valence-electron chi connectivity index (χ3n) is 1.42. The van der Waals surface area contributed by atoms with Gasteiger partial charge < -0.3 is 10.5 Å². The normalized spacial score (nSPS) is 10.5. The van der Waals surface area contributed by atoms with E-state index in [0.717, 1.165) is 0 Å². The van der Waals surface area contributed by atoms with Gasteiger partial charge in [-0.3, -0.25) is 0 Å². The number of halogens is 2. The lowest BCUT2D eigenvalue weighted by atomic mass is 10.3. The summed E-state index contributed by atoms with van der Waals surface area (Å²) in [5.41, 5.74) is 6.17. The Morgan fingerprint density at radius 1 is 1.23 bits per heavy atom. The number of rotatable bonds is 2. The fourth-order valence-electron chi connectivity index (χ4n) is 0.900. The van der Waals surface area contributed by atoms with Gasteiger partial charge in [-0.05, 0) is 19.9 Å². The average Bonchev–Trinajstić information content (AvgIpc) is 1.99. The molecule has 2 nitrogen and oxygen atoms in total. The first-order valence-electron chi connectivity index (χ1n) is 3.92. The number of hydrogen-bond acceptors (Lipinski definition) is 2. The minimum absolute atomic E-state index is 0.0690. The van der Waals surface area contributed by atoms with Crippen molar-refractivity contribution in [2.24, 2.45) is 0 Å². The molecule has 0 amide bonds. The highest BCUT2D eigenvalue weighted by Gasteiger charge is 2.07. The summed E-state index contributed by atoms with van der Waals surface area (Å²) < 4.78 is 5.41. The highest BCUT2D eigenvalue weighted by molar-refractivity contribution is 6.42. The molecule has 2 N–H and O–H groups in total. The van der Waals surface area contributed by atoms with Crippen LogP contribution in [0.15, 0.2) is 12.1 Å². The average molecular weight is 220 g/mol. The van der Waals surface area contributed by atoms with Crippen molar-refractivity contribution < 1.29 is 4.74 Å². The Morgan fingerprint density at radius 3 is 2.31 bits per heavy atom. The summed E-state index contributed by atoms with van der Waals surface area (Å²) in [5.74, 6) is 0.574. The van der Waals surface area contributed by atoms with Crippen molar-refractivity contribution in [2.75, 3.05) is 5.73 Å². The van der Waals surface area contributed by atoms with E-state index in [-0.39, 0.29) is 6.10 Å². The predicted molar refractivity (Wildman–Crippen MR) is 56.6 cm³/mol. The summed E-state index contributed by atoms with van der Waals surface area (Å²) in [4.78, 5) is 0. The lowest BCUT2D eigenvalue weighted by molar-refractivity contribution is 0.244. The first-order chi connectivity index (χ1) is 6.00. The van der Waals surface area contributed by atoms with Crippen LogP contribution >= 0.6 is 23.2 Å². The van der Waals surface area contributed by atoms with E-state index in [0.29, 0.717) is 21.5 Å². The molecule has 72 valence electrons. The summed E-state index contributed by atoms with van der Waals surface area (Å²) in [5, 5.41) is 0.891. The Labute approximate surface area is 87.6 Å². The largest absolute Gasteiger partial charge is 0.489 e. The summed E-state index contributed by atoms with van der Waals surface area (Å²) in [6, 6.07) is 3.21. The molecule has 0 heterocycles. The van der Waals surface area contributed by atoms with Gasteiger partial charge in [0.2, 0.25) is 0 Å². The van der Waals surface area contributed by atoms with Crippen LogP contribution in [0.3, 0.4) is 0 Å². The molecule has 1 rings (SSSR count). The highest BCUT2D eigenvalue weighted by atomic mass is 35.5. The Bertz CT molecular complexity index is 313. The third-order valence-corrected chi connectivity index (χ3v) is 2.14. The molecule has 1 aromatic carbocycles. The van der Waals surface area contributed by atoms with Crippen LogP contribution < -0.4 is 10.5 Å². The molecular weight excluding hydrogens is 209 g/mol. The van der Waals surface area contributed by atoms with Crippen LogP contribution in [0.4, 0.5) is 5.69 Å². The molecule has 4 heteroatoms. The molecule has 0 aromatic heterocycles. The molecule has 0 bridgehead atoms. The van der Waals surface area contributed by atoms with Gasteiger partial charge in [-0.2, -0.15) is 0 Å². The van der Waals surface area contributed by atoms with Crippen molar-refractivity contribution in [3.8, 4) is 5.75 Å². The van der Waals surface area contributed by atoms with Crippen LogP contribution in [0.5, 0.6) is 5.75 Å². The van der Waals surface area contributed by atoms with E-state index in [1.807, 2.05) is 13.8 Å². The van der Waals surface area contributed by atoms with Gasteiger partial charge in [0, 0.05) is 6.07 Å². The van der Waals surface area contributed by atoms with Crippen LogP contribution in [0.25, 0.3) is 0 Å². The zero-order valence-electron chi connectivity index (χ0n) is 7.47. The second-order valence-corrected chi connectivity index (χ2v) is 3.79. The number of nitrogens with two attached hydrogens (primary N) is 1. The molecule has 0 spiro atoms. The monoisotopic (exact) mass is 219 g/mol. The molecule has 0 aliphatic rings. The van der Waals surface area contributed by atoms with E-state index in [4.69, 9.17) is 33.7 Å². The maximum Gasteiger partial charge on any atom is 0.144 e. The maximum atomic E-state index is 5.80. The number of benzene rings is 1. The number of hydrogen-bond donors (Lipinski definition) is 1. The molecule has 0 saturated heterocycles. The van der Waals surface area contributed by atoms with Crippen molar-refractivity contribution >= 4 is 28.9 Å². The lowest BCUT2D eigenvalue weighted by Crippen LogP contribution is -2.07. The van der Waals surface area contributed by atoms with Crippen LogP contribution in [0.2, 0.25) is 10.0 Å². The standard InChI is InChI=1S/C9H11Cl2NO/c1-5(2)13-9-4-7(11)6(10)3-8(9)12/h3-5H,12H2,1-2H3. The zero-order valence-corrected chi connectivity index (χ0v) is 8.99. The lowest BCUT2D eigenvalue weighted by Gasteiger charge is -2.12. The van der Waals surface area contributed by atoms with Gasteiger partial charge in [-0.25, -0.2) is 0 Å². The molecule has 0 unspecified atom stereocenters. The molecular formula is C9H11Cl2NO. The first kappa shape index (κ1) is 10.5. The second kappa shape index (κ2) is 4.07. The van der Waals surface area contributed by atoms with E-state index in [9.17, 15) is 0 Å². The van der Waals surface area contributed by atoms with E-state index in [1.165, 1.54) is 0 Å². The van der Waals surface area contributed by atoms with Gasteiger partial charge in [0.25, 0.3) is 0 Å². The summed E-state index contributed by atoms with van der Waals surface area (Å²) in [7, 11) is 0. The molecule has 0 fully saturated rings. The van der Waals surface area contributed by atoms with Gasteiger partial charge in [0.1, 0.15) is 5.75 Å². The molecule has 0 atom stereocenters. The van der Waals surface area contributed by atoms with Crippen molar-refractivity contribution in [1.29, 1.82) is 0 Å². The van der Waals surface area contributed by atoms with E-state index < -0.39 is 0 Å². The van der Waals surface area contributed by atoms with Crippen LogP contribution in [-0.2, 0) is 0 Å². The molecule has 0 aliphatic carbocycles. The van der Waals surface area contributed by atoms with Crippen molar-refractivity contribution in [3.63, 3.8) is 0 Å². The first-order valence-corrected chi connectivity index (χ1v) is 4.67. The summed E-state index contributed by atoms with van der Waals surface area (Å²) in [6.07, 6.45) is 0.0690. The van der Waals surface area contributed by atoms with Crippen LogP contribution in [0, 0.1) is 0 Å². The van der Waals surface area contributed by atoms with Gasteiger partial charge in [-0.15, -0.1) is 0 Å². The Kier molecular flexibility index (Phi) is 3.28. The minimum atomic E-state index is 0.0690. The molecule has 0 saturated carbocycles. The minimum Gasteiger partial charge on any atom is -0.489 e. The molecule has 0 aliphatic heterocycles. The number of anilines is 1. The van der Waals surface area contributed by atoms with E-state index in [2.05, 4.69) is 0 Å². The quantitative estimate of drug-likeness (QED) is 0.775. The third kappa shape index (κ3) is 2.68. The number of ether oxygens (including phenoxy) is 1. The summed E-state index contributed by atoms with van der Waals surface area (Å²) >= 11 is 11.6. The Balaban J connectivity index is 3.01. The second-order valence-electron chi connectivity index (χ2n) is 2.97. The zero-order chi connectivity index (χ0) is 10.0. The molecule has 1 aromatic rings. The van der Waals surface area contributed by atoms with Crippen LogP contribution in [0.1, 0.15) is 13.8 Å². The molecule has 13 heavy (non-hydrogen) atoms. The van der Waals surface area contributed by atoms with Crippen molar-refractivity contribution in [3.05, 3.63) is 22.2 Å². The smallest absolute Gasteiger partial charge is 0.144 e. The van der Waals surface area contributed by atoms with Crippen molar-refractivity contribution in [1.82, 2.24) is 0 Å². The summed E-state index contributed by atoms with van der Waals surface area (Å²) in [6.45, 7) is 3.84. The Morgan fingerprint density at radius 2 is 1.77 bits per heavy atom. The number of nitrogen functional groups attached to an aromatic ring is 1. The van der Waals surface area contributed by atoms with Gasteiger partial charge in [0.05, 0.1) is 21.8 Å². The van der Waals surface area contributed by atoms with Crippen molar-refractivity contribution in [2.45, 2.75) is 20.0 Å².